The average Bonchev–Trinajstić information content (AvgIpc) is 3.93. The van der Waals surface area contributed by atoms with E-state index in [0.29, 0.717) is 75.2 Å². The van der Waals surface area contributed by atoms with Crippen LogP contribution in [0.15, 0.2) is 35.9 Å². The highest BCUT2D eigenvalue weighted by molar-refractivity contribution is 5.87. The molecule has 16 atom stereocenters. The Bertz CT molecular complexity index is 1950. The molecule has 1 aromatic rings. The van der Waals surface area contributed by atoms with Gasteiger partial charge in [-0.3, -0.25) is 5.32 Å². The van der Waals surface area contributed by atoms with Gasteiger partial charge in [-0.05, 0) is 124 Å². The molecule has 10 heteroatoms. The number of hydrogen-bond donors (Lipinski definition) is 7. The Labute approximate surface area is 348 Å². The normalized spacial score (nSPS) is 49.1. The zero-order valence-electron chi connectivity index (χ0n) is 34.7. The number of esters is 1. The third kappa shape index (κ3) is 5.13. The molecule has 7 saturated carbocycles. The maximum atomic E-state index is 14.3. The molecule has 10 nitrogen and oxygen atoms in total. The first-order valence-corrected chi connectivity index (χ1v) is 23.1. The third-order valence-electron chi connectivity index (χ3n) is 19.8. The van der Waals surface area contributed by atoms with Crippen LogP contribution in [0.3, 0.4) is 0 Å². The first-order valence-electron chi connectivity index (χ1n) is 23.1. The highest BCUT2D eigenvalue weighted by atomic mass is 16.5. The van der Waals surface area contributed by atoms with Crippen LogP contribution < -0.4 is 5.32 Å². The van der Waals surface area contributed by atoms with Gasteiger partial charge in [-0.2, -0.15) is 0 Å². The van der Waals surface area contributed by atoms with Crippen LogP contribution in [0.25, 0.3) is 0 Å². The van der Waals surface area contributed by atoms with Crippen molar-refractivity contribution < 1.29 is 45.0 Å². The van der Waals surface area contributed by atoms with Crippen molar-refractivity contribution in [3.05, 3.63) is 47.0 Å². The van der Waals surface area contributed by atoms with E-state index in [0.717, 1.165) is 23.8 Å². The van der Waals surface area contributed by atoms with Crippen LogP contribution >= 0.6 is 0 Å². The first kappa shape index (κ1) is 40.5. The third-order valence-corrected chi connectivity index (χ3v) is 19.8. The minimum absolute atomic E-state index is 0.0857. The van der Waals surface area contributed by atoms with E-state index in [-0.39, 0.29) is 56.4 Å². The van der Waals surface area contributed by atoms with Crippen LogP contribution in [0, 0.1) is 75.4 Å². The SMILES string of the molecule is C[C@H](C1CCCC1)[C@@H]1CC[C@H]2[C@@H](O)CC[C@@]3(C=O)[C@H]4CC[C@@]56CCC#Cc7ccccc7C[C@@H](NCO)[C@H]7C[C@@H](C[C@]5(O)[C@@]4(O)C[C@@H](C1)[C@]23O)[C@]6(CO)C1=CC(=O)O[C@H]17. The smallest absolute Gasteiger partial charge is 0.331 e. The molecule has 8 aliphatic carbocycles. The molecule has 10 rings (SSSR count). The number of carbonyl (C=O) groups excluding carboxylic acids is 2. The standard InChI is InChI=1S/C49H65NO9/c1-29(30-8-2-3-9-30)32-13-14-37-40(54)15-18-44(26-51)41-16-19-45-17-7-6-11-31-10-4-5-12-33(31)21-39(50-28-53)36-22-34(46(45,27-52)38-23-42(55)59-43(36)38)25-48(45,57)47(41,56)24-35(20-32)49(37,44)58/h4-5,10,12,23,26,29-30,32,34-37,39-41,43,50,52-54,56-58H,2-3,7-9,13-22,24-25,27-28H2,1H3/t29-,32-,34+,35-,36-,37+,39-,40+,41-,43+,44-,45-,46-,47-,48-,49+/m1/s1. The number of fused-ring (bicyclic) bond motifs is 7. The first-order chi connectivity index (χ1) is 28.4. The fraction of sp³-hybridized carbons (Fsp3) is 0.755. The summed E-state index contributed by atoms with van der Waals surface area (Å²) in [5.74, 6) is 5.01. The predicted molar refractivity (Wildman–Crippen MR) is 218 cm³/mol. The van der Waals surface area contributed by atoms with E-state index in [4.69, 9.17) is 4.74 Å². The summed E-state index contributed by atoms with van der Waals surface area (Å²) < 4.78 is 6.22. The van der Waals surface area contributed by atoms with Crippen molar-refractivity contribution in [1.29, 1.82) is 0 Å². The number of aldehydes is 1. The van der Waals surface area contributed by atoms with Crippen LogP contribution in [-0.4, -0.2) is 91.3 Å². The Hall–Kier alpha value is -2.62. The number of aliphatic hydroxyl groups excluding tert-OH is 3. The lowest BCUT2D eigenvalue weighted by molar-refractivity contribution is -0.348. The summed E-state index contributed by atoms with van der Waals surface area (Å²) in [6, 6.07) is 7.62. The summed E-state index contributed by atoms with van der Waals surface area (Å²) in [7, 11) is 0. The van der Waals surface area contributed by atoms with E-state index in [2.05, 4.69) is 24.1 Å². The van der Waals surface area contributed by atoms with Gasteiger partial charge < -0.3 is 40.2 Å². The van der Waals surface area contributed by atoms with E-state index in [9.17, 15) is 40.2 Å². The Morgan fingerprint density at radius 2 is 1.75 bits per heavy atom. The molecule has 0 saturated heterocycles. The van der Waals surface area contributed by atoms with E-state index in [1.165, 1.54) is 25.7 Å². The summed E-state index contributed by atoms with van der Waals surface area (Å²) >= 11 is 0. The molecule has 4 bridgehead atoms. The lowest BCUT2D eigenvalue weighted by Crippen LogP contribution is -2.81. The number of rotatable bonds is 6. The lowest BCUT2D eigenvalue weighted by atomic mass is 9.34. The van der Waals surface area contributed by atoms with Crippen LogP contribution in [-0.2, 0) is 20.7 Å². The summed E-state index contributed by atoms with van der Waals surface area (Å²) in [5, 5.41) is 79.4. The van der Waals surface area contributed by atoms with Crippen molar-refractivity contribution in [2.45, 2.75) is 151 Å². The zero-order chi connectivity index (χ0) is 41.2. The average molecular weight is 812 g/mol. The molecule has 59 heavy (non-hydrogen) atoms. The summed E-state index contributed by atoms with van der Waals surface area (Å²) in [4.78, 5) is 27.7. The van der Waals surface area contributed by atoms with E-state index < -0.39 is 69.0 Å². The van der Waals surface area contributed by atoms with Gasteiger partial charge in [0, 0.05) is 52.7 Å². The Morgan fingerprint density at radius 1 is 0.949 bits per heavy atom. The maximum absolute atomic E-state index is 14.3. The molecule has 1 aromatic carbocycles. The van der Waals surface area contributed by atoms with Crippen LogP contribution in [0.4, 0.5) is 0 Å². The molecule has 9 aliphatic rings. The highest BCUT2D eigenvalue weighted by Crippen LogP contribution is 2.81. The van der Waals surface area contributed by atoms with Crippen molar-refractivity contribution in [3.63, 3.8) is 0 Å². The Morgan fingerprint density at radius 3 is 2.51 bits per heavy atom. The van der Waals surface area contributed by atoms with Crippen LogP contribution in [0.5, 0.6) is 0 Å². The van der Waals surface area contributed by atoms with Crippen molar-refractivity contribution in [3.8, 4) is 11.8 Å². The second-order valence-corrected chi connectivity index (χ2v) is 21.1. The largest absolute Gasteiger partial charge is 0.454 e. The van der Waals surface area contributed by atoms with Gasteiger partial charge in [-0.15, -0.1) is 0 Å². The van der Waals surface area contributed by atoms with Gasteiger partial charge in [0.25, 0.3) is 0 Å². The van der Waals surface area contributed by atoms with Gasteiger partial charge in [-0.25, -0.2) is 4.79 Å². The molecular formula is C49H65NO9. The van der Waals surface area contributed by atoms with Crippen molar-refractivity contribution >= 4 is 12.3 Å². The van der Waals surface area contributed by atoms with Crippen LogP contribution in [0.2, 0.25) is 0 Å². The fourth-order valence-electron chi connectivity index (χ4n) is 17.3. The number of benzene rings is 1. The lowest BCUT2D eigenvalue weighted by Gasteiger charge is -2.72. The molecule has 1 aliphatic heterocycles. The molecule has 0 aromatic heterocycles. The molecule has 0 amide bonds. The maximum Gasteiger partial charge on any atom is 0.331 e. The second kappa shape index (κ2) is 14.2. The molecule has 0 unspecified atom stereocenters. The van der Waals surface area contributed by atoms with E-state index in [1.807, 2.05) is 24.3 Å². The number of hydrogen-bond acceptors (Lipinski definition) is 10. The number of nitrogens with one attached hydrogen (secondary N) is 1. The number of ether oxygens (including phenoxy) is 1. The van der Waals surface area contributed by atoms with Crippen molar-refractivity contribution in [2.75, 3.05) is 13.3 Å². The van der Waals surface area contributed by atoms with Crippen molar-refractivity contribution in [1.82, 2.24) is 5.32 Å². The van der Waals surface area contributed by atoms with Crippen molar-refractivity contribution in [2.24, 2.45) is 63.6 Å². The highest BCUT2D eigenvalue weighted by Gasteiger charge is 2.85. The summed E-state index contributed by atoms with van der Waals surface area (Å²) in [6.45, 7) is 1.68. The Balaban J connectivity index is 1.15. The molecule has 7 N–H and O–H groups in total. The Kier molecular flexibility index (Phi) is 9.74. The number of carbonyl (C=O) groups is 2. The minimum Gasteiger partial charge on any atom is -0.454 e. The van der Waals surface area contributed by atoms with Gasteiger partial charge in [0.05, 0.1) is 36.1 Å². The molecular weight excluding hydrogens is 747 g/mol. The molecule has 7 fully saturated rings. The van der Waals surface area contributed by atoms with Gasteiger partial charge >= 0.3 is 5.97 Å². The molecule has 1 heterocycles. The van der Waals surface area contributed by atoms with E-state index >= 15 is 0 Å². The quantitative estimate of drug-likeness (QED) is 0.0948. The summed E-state index contributed by atoms with van der Waals surface area (Å²) in [6.07, 6.45) is 11.0. The number of aliphatic hydroxyl groups is 6. The van der Waals surface area contributed by atoms with Crippen LogP contribution in [0.1, 0.15) is 121 Å². The topological polar surface area (TPSA) is 177 Å². The van der Waals surface area contributed by atoms with Gasteiger partial charge in [0.2, 0.25) is 0 Å². The summed E-state index contributed by atoms with van der Waals surface area (Å²) in [5.41, 5.74) is -6.38. The molecule has 1 spiro atoms. The second-order valence-electron chi connectivity index (χ2n) is 21.1. The fourth-order valence-corrected chi connectivity index (χ4v) is 17.3. The molecule has 320 valence electrons. The minimum atomic E-state index is -1.84. The van der Waals surface area contributed by atoms with E-state index in [1.54, 1.807) is 6.08 Å². The van der Waals surface area contributed by atoms with Gasteiger partial charge in [-0.1, -0.05) is 62.6 Å². The molecule has 0 radical (unpaired) electrons. The zero-order valence-corrected chi connectivity index (χ0v) is 34.7. The van der Waals surface area contributed by atoms with Gasteiger partial charge in [0.15, 0.2) is 0 Å². The monoisotopic (exact) mass is 811 g/mol. The van der Waals surface area contributed by atoms with Gasteiger partial charge in [0.1, 0.15) is 18.0 Å². The predicted octanol–water partition coefficient (Wildman–Crippen LogP) is 4.34.